The lowest BCUT2D eigenvalue weighted by Gasteiger charge is -2.16. The summed E-state index contributed by atoms with van der Waals surface area (Å²) in [5, 5.41) is 7.14. The van der Waals surface area contributed by atoms with Crippen LogP contribution in [0.25, 0.3) is 0 Å². The Morgan fingerprint density at radius 2 is 1.77 bits per heavy atom. The lowest BCUT2D eigenvalue weighted by atomic mass is 9.99. The zero-order chi connectivity index (χ0) is 18.1. The summed E-state index contributed by atoms with van der Waals surface area (Å²) in [6.07, 6.45) is 9.70. The fourth-order valence-corrected chi connectivity index (χ4v) is 5.12. The number of hydrogen-bond donors (Lipinski definition) is 3. The van der Waals surface area contributed by atoms with Gasteiger partial charge in [-0.15, -0.1) is 0 Å². The van der Waals surface area contributed by atoms with Crippen LogP contribution < -0.4 is 15.4 Å². The molecule has 2 aliphatic carbocycles. The van der Waals surface area contributed by atoms with Crippen molar-refractivity contribution in [3.05, 3.63) is 39.8 Å². The first-order valence-corrected chi connectivity index (χ1v) is 11.0. The van der Waals surface area contributed by atoms with Crippen molar-refractivity contribution in [1.82, 2.24) is 10.0 Å². The van der Waals surface area contributed by atoms with Gasteiger partial charge in [-0.3, -0.25) is 0 Å². The molecule has 140 valence electrons. The second-order valence-corrected chi connectivity index (χ2v) is 8.93. The maximum absolute atomic E-state index is 12.4. The van der Waals surface area contributed by atoms with E-state index in [4.69, 9.17) is 0 Å². The SMILES string of the molecule is O=C(Nc1c2c(cc3c1CCC3)CCC2)NS(=O)(=O)/C=C/[C@@H]1CCCN1. The Morgan fingerprint density at radius 3 is 2.38 bits per heavy atom. The number of benzene rings is 1. The molecule has 3 aliphatic rings. The standard InChI is InChI=1S/C19H25N3O3S/c23-19(22-26(24,25)11-9-15-6-3-10-20-15)21-18-16-7-1-4-13(16)12-14-5-2-8-17(14)18/h9,11-12,15,20H,1-8,10H2,(H2,21,22,23)/b11-9+/t15-/m0/s1. The number of nitrogens with one attached hydrogen (secondary N) is 3. The Morgan fingerprint density at radius 1 is 1.08 bits per heavy atom. The number of fused-ring (bicyclic) bond motifs is 2. The quantitative estimate of drug-likeness (QED) is 0.754. The molecule has 1 atom stereocenters. The molecule has 26 heavy (non-hydrogen) atoms. The number of urea groups is 1. The van der Waals surface area contributed by atoms with E-state index >= 15 is 0 Å². The van der Waals surface area contributed by atoms with Crippen molar-refractivity contribution < 1.29 is 13.2 Å². The van der Waals surface area contributed by atoms with E-state index < -0.39 is 16.1 Å². The summed E-state index contributed by atoms with van der Waals surface area (Å²) in [7, 11) is -3.80. The molecular weight excluding hydrogens is 350 g/mol. The second kappa shape index (κ2) is 7.04. The molecule has 0 saturated carbocycles. The van der Waals surface area contributed by atoms with Crippen LogP contribution in [-0.2, 0) is 35.7 Å². The number of sulfonamides is 1. The van der Waals surface area contributed by atoms with Crippen LogP contribution in [-0.4, -0.2) is 27.0 Å². The molecule has 1 aromatic carbocycles. The Hall–Kier alpha value is -1.86. The van der Waals surface area contributed by atoms with Crippen molar-refractivity contribution in [1.29, 1.82) is 0 Å². The van der Waals surface area contributed by atoms with Gasteiger partial charge in [0.2, 0.25) is 0 Å². The highest BCUT2D eigenvalue weighted by Crippen LogP contribution is 2.38. The molecule has 6 nitrogen and oxygen atoms in total. The highest BCUT2D eigenvalue weighted by Gasteiger charge is 2.25. The average Bonchev–Trinajstić information content (AvgIpc) is 3.33. The van der Waals surface area contributed by atoms with Crippen LogP contribution in [0.2, 0.25) is 0 Å². The summed E-state index contributed by atoms with van der Waals surface area (Å²) < 4.78 is 26.5. The number of amides is 2. The minimum Gasteiger partial charge on any atom is -0.310 e. The Labute approximate surface area is 154 Å². The smallest absolute Gasteiger partial charge is 0.310 e. The van der Waals surface area contributed by atoms with Crippen LogP contribution in [0.5, 0.6) is 0 Å². The summed E-state index contributed by atoms with van der Waals surface area (Å²) in [6.45, 7) is 0.896. The average molecular weight is 375 g/mol. The maximum Gasteiger partial charge on any atom is 0.333 e. The molecule has 2 amide bonds. The van der Waals surface area contributed by atoms with Crippen molar-refractivity contribution >= 4 is 21.7 Å². The van der Waals surface area contributed by atoms with Crippen molar-refractivity contribution in [2.24, 2.45) is 0 Å². The summed E-state index contributed by atoms with van der Waals surface area (Å²) >= 11 is 0. The van der Waals surface area contributed by atoms with Crippen LogP contribution in [0.1, 0.15) is 47.9 Å². The monoisotopic (exact) mass is 375 g/mol. The number of anilines is 1. The third-order valence-electron chi connectivity index (χ3n) is 5.53. The minimum absolute atomic E-state index is 0.0651. The van der Waals surface area contributed by atoms with Gasteiger partial charge in [0.05, 0.1) is 0 Å². The summed E-state index contributed by atoms with van der Waals surface area (Å²) in [5.74, 6) is 0. The number of carbonyl (C=O) groups excluding carboxylic acids is 1. The van der Waals surface area contributed by atoms with Gasteiger partial charge in [0.1, 0.15) is 0 Å². The molecule has 1 heterocycles. The molecule has 4 rings (SSSR count). The number of carbonyl (C=O) groups is 1. The molecule has 1 aliphatic heterocycles. The van der Waals surface area contributed by atoms with Gasteiger partial charge in [0, 0.05) is 17.1 Å². The van der Waals surface area contributed by atoms with E-state index in [1.54, 1.807) is 6.08 Å². The second-order valence-electron chi connectivity index (χ2n) is 7.37. The third-order valence-corrected chi connectivity index (χ3v) is 6.52. The van der Waals surface area contributed by atoms with Gasteiger partial charge in [-0.2, -0.15) is 0 Å². The topological polar surface area (TPSA) is 87.3 Å². The molecule has 0 unspecified atom stereocenters. The fourth-order valence-electron chi connectivity index (χ4n) is 4.34. The molecule has 1 fully saturated rings. The lowest BCUT2D eigenvalue weighted by Crippen LogP contribution is -2.34. The van der Waals surface area contributed by atoms with Crippen LogP contribution in [0, 0.1) is 0 Å². The first kappa shape index (κ1) is 17.5. The molecule has 0 bridgehead atoms. The van der Waals surface area contributed by atoms with Crippen molar-refractivity contribution in [3.63, 3.8) is 0 Å². The van der Waals surface area contributed by atoms with E-state index in [-0.39, 0.29) is 6.04 Å². The van der Waals surface area contributed by atoms with Gasteiger partial charge in [-0.1, -0.05) is 12.1 Å². The zero-order valence-electron chi connectivity index (χ0n) is 14.8. The normalized spacial score (nSPS) is 21.8. The molecule has 1 aromatic rings. The molecule has 0 aromatic heterocycles. The van der Waals surface area contributed by atoms with Crippen LogP contribution in [0.15, 0.2) is 17.6 Å². The van der Waals surface area contributed by atoms with Crippen LogP contribution in [0.4, 0.5) is 10.5 Å². The Balaban J connectivity index is 1.49. The highest BCUT2D eigenvalue weighted by atomic mass is 32.2. The van der Waals surface area contributed by atoms with E-state index in [0.717, 1.165) is 69.0 Å². The molecule has 3 N–H and O–H groups in total. The van der Waals surface area contributed by atoms with Crippen LogP contribution in [0.3, 0.4) is 0 Å². The Bertz CT molecular complexity index is 823. The fraction of sp³-hybridized carbons (Fsp3) is 0.526. The summed E-state index contributed by atoms with van der Waals surface area (Å²) in [4.78, 5) is 12.4. The van der Waals surface area contributed by atoms with Crippen LogP contribution >= 0.6 is 0 Å². The van der Waals surface area contributed by atoms with Gasteiger partial charge in [-0.25, -0.2) is 17.9 Å². The van der Waals surface area contributed by atoms with E-state index in [0.29, 0.717) is 0 Å². The predicted octanol–water partition coefficient (Wildman–Crippen LogP) is 2.38. The van der Waals surface area contributed by atoms with E-state index in [2.05, 4.69) is 21.4 Å². The summed E-state index contributed by atoms with van der Waals surface area (Å²) in [6, 6.07) is 1.67. The van der Waals surface area contributed by atoms with Gasteiger partial charge in [-0.05, 0) is 80.2 Å². The van der Waals surface area contributed by atoms with Gasteiger partial charge < -0.3 is 10.6 Å². The maximum atomic E-state index is 12.4. The minimum atomic E-state index is -3.80. The highest BCUT2D eigenvalue weighted by molar-refractivity contribution is 7.92. The molecule has 1 saturated heterocycles. The summed E-state index contributed by atoms with van der Waals surface area (Å²) in [5.41, 5.74) is 5.82. The molecule has 0 spiro atoms. The van der Waals surface area contributed by atoms with E-state index in [9.17, 15) is 13.2 Å². The van der Waals surface area contributed by atoms with Gasteiger partial charge in [0.25, 0.3) is 10.0 Å². The molecule has 7 heteroatoms. The lowest BCUT2D eigenvalue weighted by molar-refractivity contribution is 0.256. The van der Waals surface area contributed by atoms with Crippen molar-refractivity contribution in [2.75, 3.05) is 11.9 Å². The van der Waals surface area contributed by atoms with Gasteiger partial charge in [0.15, 0.2) is 0 Å². The molecule has 0 radical (unpaired) electrons. The number of hydrogen-bond acceptors (Lipinski definition) is 4. The first-order valence-electron chi connectivity index (χ1n) is 9.44. The molecular formula is C19H25N3O3S. The van der Waals surface area contributed by atoms with Crippen molar-refractivity contribution in [2.45, 2.75) is 57.4 Å². The predicted molar refractivity (Wildman–Crippen MR) is 102 cm³/mol. The van der Waals surface area contributed by atoms with E-state index in [1.807, 2.05) is 0 Å². The largest absolute Gasteiger partial charge is 0.333 e. The first-order chi connectivity index (χ1) is 12.5. The Kier molecular flexibility index (Phi) is 4.75. The third kappa shape index (κ3) is 3.64. The number of rotatable bonds is 4. The van der Waals surface area contributed by atoms with Crippen molar-refractivity contribution in [3.8, 4) is 0 Å². The zero-order valence-corrected chi connectivity index (χ0v) is 15.6. The number of aryl methyl sites for hydroxylation is 2. The van der Waals surface area contributed by atoms with E-state index in [1.165, 1.54) is 22.3 Å². The van der Waals surface area contributed by atoms with Gasteiger partial charge >= 0.3 is 6.03 Å².